The number of hydrogen-bond acceptors (Lipinski definition) is 3. The maximum absolute atomic E-state index is 6.31. The van der Waals surface area contributed by atoms with Gasteiger partial charge in [0, 0.05) is 31.7 Å². The summed E-state index contributed by atoms with van der Waals surface area (Å²) in [7, 11) is 0. The molecule has 3 nitrogen and oxygen atoms in total. The molecule has 0 bridgehead atoms. The number of nitrogens with zero attached hydrogens (tertiary/aromatic N) is 2. The van der Waals surface area contributed by atoms with Gasteiger partial charge >= 0.3 is 0 Å². The number of rotatable bonds is 5. The summed E-state index contributed by atoms with van der Waals surface area (Å²) in [4.78, 5) is 3.39. The van der Waals surface area contributed by atoms with Crippen LogP contribution in [0.1, 0.15) is 5.56 Å². The fraction of sp³-hybridized carbons (Fsp3) is 0.0476. The Bertz CT molecular complexity index is 1250. The molecule has 30 heavy (non-hydrogen) atoms. The number of fused-ring (bicyclic) bond motifs is 1. The van der Waals surface area contributed by atoms with E-state index >= 15 is 0 Å². The third-order valence-corrected chi connectivity index (χ3v) is 6.69. The maximum atomic E-state index is 6.31. The monoisotopic (exact) mass is 513 g/mol. The predicted molar refractivity (Wildman–Crippen MR) is 130 cm³/mol. The summed E-state index contributed by atoms with van der Waals surface area (Å²) < 4.78 is 0. The van der Waals surface area contributed by atoms with E-state index in [-0.39, 0.29) is 0 Å². The topological polar surface area (TPSA) is 40.5 Å². The lowest BCUT2D eigenvalue weighted by molar-refractivity contribution is 1.15. The second-order valence-electron chi connectivity index (χ2n) is 6.29. The molecule has 0 aliphatic rings. The van der Waals surface area contributed by atoms with Crippen molar-refractivity contribution in [3.63, 3.8) is 0 Å². The van der Waals surface area contributed by atoms with Crippen LogP contribution in [-0.4, -0.2) is 4.98 Å². The lowest BCUT2D eigenvalue weighted by Crippen LogP contribution is -1.83. The molecule has 0 unspecified atom stereocenters. The molecule has 1 aromatic heterocycles. The van der Waals surface area contributed by atoms with Crippen LogP contribution in [-0.2, 0) is 5.75 Å². The second kappa shape index (κ2) is 9.39. The molecule has 0 aliphatic carbocycles. The summed E-state index contributed by atoms with van der Waals surface area (Å²) in [5, 5.41) is 12.9. The van der Waals surface area contributed by atoms with E-state index in [1.54, 1.807) is 30.0 Å². The first-order valence-electron chi connectivity index (χ1n) is 8.66. The van der Waals surface area contributed by atoms with Crippen LogP contribution in [0, 0.1) is 0 Å². The number of aromatic amines is 1. The van der Waals surface area contributed by atoms with Crippen LogP contribution in [0.5, 0.6) is 0 Å². The molecular weight excluding hydrogens is 504 g/mol. The predicted octanol–water partition coefficient (Wildman–Crippen LogP) is 10.1. The Balaban J connectivity index is 1.70. The highest BCUT2D eigenvalue weighted by Crippen LogP contribution is 2.42. The van der Waals surface area contributed by atoms with Crippen molar-refractivity contribution in [3.05, 3.63) is 85.3 Å². The Morgan fingerprint density at radius 1 is 0.733 bits per heavy atom. The number of aromatic nitrogens is 1. The molecule has 0 atom stereocenters. The Morgan fingerprint density at radius 2 is 1.40 bits per heavy atom. The van der Waals surface area contributed by atoms with Crippen molar-refractivity contribution in [3.8, 4) is 0 Å². The normalized spacial score (nSPS) is 11.6. The summed E-state index contributed by atoms with van der Waals surface area (Å²) in [5.41, 5.74) is 2.98. The summed E-state index contributed by atoms with van der Waals surface area (Å²) >= 11 is 32.3. The van der Waals surface area contributed by atoms with E-state index in [1.807, 2.05) is 36.4 Å². The Hall–Kier alpha value is -1.40. The first-order chi connectivity index (χ1) is 14.4. The van der Waals surface area contributed by atoms with Crippen molar-refractivity contribution in [2.75, 3.05) is 0 Å². The van der Waals surface area contributed by atoms with Crippen molar-refractivity contribution in [2.45, 2.75) is 10.8 Å². The van der Waals surface area contributed by atoms with E-state index in [9.17, 15) is 0 Å². The number of azo groups is 1. The van der Waals surface area contributed by atoms with Gasteiger partial charge in [-0.15, -0.1) is 22.0 Å². The highest BCUT2D eigenvalue weighted by atomic mass is 35.5. The van der Waals surface area contributed by atoms with Gasteiger partial charge in [0.2, 0.25) is 0 Å². The smallest absolute Gasteiger partial charge is 0.125 e. The highest BCUT2D eigenvalue weighted by molar-refractivity contribution is 7.98. The zero-order chi connectivity index (χ0) is 21.3. The molecular formula is C21H12Cl5N3S. The number of nitrogens with one attached hydrogen (secondary N) is 1. The van der Waals surface area contributed by atoms with E-state index in [1.165, 1.54) is 0 Å². The SMILES string of the molecule is Clc1ccc(CSc2[nH]c3ccccc3c2N=Nc2c(Cl)cc(Cl)cc2Cl)c(Cl)c1. The molecule has 0 saturated carbocycles. The van der Waals surface area contributed by atoms with Crippen molar-refractivity contribution in [1.29, 1.82) is 0 Å². The van der Waals surface area contributed by atoms with Gasteiger partial charge in [-0.1, -0.05) is 82.3 Å². The van der Waals surface area contributed by atoms with Gasteiger partial charge in [-0.25, -0.2) is 0 Å². The fourth-order valence-electron chi connectivity index (χ4n) is 2.82. The average molecular weight is 516 g/mol. The molecule has 0 aliphatic heterocycles. The quantitative estimate of drug-likeness (QED) is 0.208. The van der Waals surface area contributed by atoms with E-state index in [0.717, 1.165) is 21.5 Å². The molecule has 4 rings (SSSR count). The minimum atomic E-state index is 0.332. The van der Waals surface area contributed by atoms with Crippen LogP contribution in [0.25, 0.3) is 10.9 Å². The van der Waals surface area contributed by atoms with E-state index in [0.29, 0.717) is 42.2 Å². The third-order valence-electron chi connectivity index (χ3n) is 4.26. The zero-order valence-electron chi connectivity index (χ0n) is 15.1. The second-order valence-corrected chi connectivity index (χ2v) is 9.37. The first kappa shape index (κ1) is 21.8. The van der Waals surface area contributed by atoms with Crippen molar-refractivity contribution in [2.24, 2.45) is 10.2 Å². The molecule has 3 aromatic carbocycles. The van der Waals surface area contributed by atoms with Crippen LogP contribution < -0.4 is 0 Å². The summed E-state index contributed by atoms with van der Waals surface area (Å²) in [6.07, 6.45) is 0. The molecule has 1 N–H and O–H groups in total. The van der Waals surface area contributed by atoms with Gasteiger partial charge in [0.1, 0.15) is 16.4 Å². The lowest BCUT2D eigenvalue weighted by atomic mass is 10.2. The van der Waals surface area contributed by atoms with E-state index < -0.39 is 0 Å². The van der Waals surface area contributed by atoms with Gasteiger partial charge in [-0.05, 0) is 35.9 Å². The first-order valence-corrected chi connectivity index (χ1v) is 11.5. The van der Waals surface area contributed by atoms with Crippen LogP contribution in [0.4, 0.5) is 11.4 Å². The summed E-state index contributed by atoms with van der Waals surface area (Å²) in [6, 6.07) is 16.5. The van der Waals surface area contributed by atoms with Gasteiger partial charge < -0.3 is 4.98 Å². The number of halogens is 5. The Labute approximate surface area is 202 Å². The van der Waals surface area contributed by atoms with E-state index in [4.69, 9.17) is 58.0 Å². The lowest BCUT2D eigenvalue weighted by Gasteiger charge is -2.05. The molecule has 152 valence electrons. The van der Waals surface area contributed by atoms with Crippen molar-refractivity contribution >= 4 is 92.0 Å². The third kappa shape index (κ3) is 4.75. The molecule has 0 radical (unpaired) electrons. The molecule has 0 saturated heterocycles. The fourth-order valence-corrected chi connectivity index (χ4v) is 5.29. The van der Waals surface area contributed by atoms with Crippen LogP contribution in [0.15, 0.2) is 69.9 Å². The average Bonchev–Trinajstić information content (AvgIpc) is 3.04. The number of thioether (sulfide) groups is 1. The standard InChI is InChI=1S/C21H12Cl5N3S/c22-12-6-5-11(15(24)7-12)10-30-21-19(14-3-1-2-4-18(14)27-21)28-29-20-16(25)8-13(23)9-17(20)26/h1-9,27H,10H2. The van der Waals surface area contributed by atoms with E-state index in [2.05, 4.69) is 15.2 Å². The Kier molecular flexibility index (Phi) is 6.83. The van der Waals surface area contributed by atoms with Crippen LogP contribution in [0.2, 0.25) is 25.1 Å². The molecule has 9 heteroatoms. The van der Waals surface area contributed by atoms with Gasteiger partial charge in [0.25, 0.3) is 0 Å². The Morgan fingerprint density at radius 3 is 2.13 bits per heavy atom. The van der Waals surface area contributed by atoms with Gasteiger partial charge in [-0.3, -0.25) is 0 Å². The van der Waals surface area contributed by atoms with Gasteiger partial charge in [0.15, 0.2) is 0 Å². The number of benzene rings is 3. The molecule has 0 amide bonds. The summed E-state index contributed by atoms with van der Waals surface area (Å²) in [6.45, 7) is 0. The van der Waals surface area contributed by atoms with Crippen LogP contribution in [0.3, 0.4) is 0 Å². The number of hydrogen-bond donors (Lipinski definition) is 1. The summed E-state index contributed by atoms with van der Waals surface area (Å²) in [5.74, 6) is 0.633. The highest BCUT2D eigenvalue weighted by Gasteiger charge is 2.14. The molecule has 0 spiro atoms. The zero-order valence-corrected chi connectivity index (χ0v) is 19.7. The van der Waals surface area contributed by atoms with Crippen molar-refractivity contribution < 1.29 is 0 Å². The minimum Gasteiger partial charge on any atom is -0.348 e. The molecule has 1 heterocycles. The molecule has 4 aromatic rings. The van der Waals surface area contributed by atoms with Crippen LogP contribution >= 0.6 is 69.8 Å². The number of para-hydroxylation sites is 1. The van der Waals surface area contributed by atoms with Gasteiger partial charge in [-0.2, -0.15) is 0 Å². The number of H-pyrrole nitrogens is 1. The minimum absolute atomic E-state index is 0.332. The largest absolute Gasteiger partial charge is 0.348 e. The maximum Gasteiger partial charge on any atom is 0.125 e. The van der Waals surface area contributed by atoms with Crippen molar-refractivity contribution in [1.82, 2.24) is 4.98 Å². The van der Waals surface area contributed by atoms with Gasteiger partial charge in [0.05, 0.1) is 10.0 Å². The molecule has 0 fully saturated rings.